The van der Waals surface area contributed by atoms with Gasteiger partial charge in [0.05, 0.1) is 10.7 Å². The van der Waals surface area contributed by atoms with Crippen LogP contribution in [0.5, 0.6) is 0 Å². The summed E-state index contributed by atoms with van der Waals surface area (Å²) >= 11 is 1.80. The Labute approximate surface area is 167 Å². The number of hydrogen-bond acceptors (Lipinski definition) is 4. The first kappa shape index (κ1) is 21.6. The van der Waals surface area contributed by atoms with Gasteiger partial charge >= 0.3 is 0 Å². The molecule has 0 radical (unpaired) electrons. The molecule has 1 saturated heterocycles. The summed E-state index contributed by atoms with van der Waals surface area (Å²) in [6.07, 6.45) is 3.58. The Morgan fingerprint density at radius 1 is 1.38 bits per heavy atom. The molecule has 138 valence electrons. The monoisotopic (exact) mass is 465 g/mol. The Balaban J connectivity index is 0.00000288. The van der Waals surface area contributed by atoms with E-state index in [2.05, 4.69) is 46.3 Å². The first-order valence-electron chi connectivity index (χ1n) is 8.72. The summed E-state index contributed by atoms with van der Waals surface area (Å²) in [7, 11) is 1.84. The van der Waals surface area contributed by atoms with Crippen LogP contribution in [0.15, 0.2) is 4.99 Å². The number of aromatic nitrogens is 1. The summed E-state index contributed by atoms with van der Waals surface area (Å²) < 4.78 is 0. The average Bonchev–Trinajstić information content (AvgIpc) is 2.89. The van der Waals surface area contributed by atoms with Gasteiger partial charge < -0.3 is 15.5 Å². The lowest BCUT2D eigenvalue weighted by molar-refractivity contribution is 0.183. The molecule has 1 aromatic rings. The van der Waals surface area contributed by atoms with Crippen LogP contribution in [0.4, 0.5) is 0 Å². The average molecular weight is 465 g/mol. The largest absolute Gasteiger partial charge is 0.356 e. The van der Waals surface area contributed by atoms with Crippen molar-refractivity contribution in [3.05, 3.63) is 15.6 Å². The van der Waals surface area contributed by atoms with E-state index in [1.807, 2.05) is 7.05 Å². The molecule has 5 nitrogen and oxygen atoms in total. The van der Waals surface area contributed by atoms with E-state index in [4.69, 9.17) is 0 Å². The molecular weight excluding hydrogens is 433 g/mol. The summed E-state index contributed by atoms with van der Waals surface area (Å²) in [5.41, 5.74) is 1.16. The third kappa shape index (κ3) is 6.84. The van der Waals surface area contributed by atoms with E-state index in [0.717, 1.165) is 43.6 Å². The zero-order valence-corrected chi connectivity index (χ0v) is 18.5. The zero-order chi connectivity index (χ0) is 16.7. The molecule has 7 heteroatoms. The van der Waals surface area contributed by atoms with E-state index in [1.165, 1.54) is 35.8 Å². The molecule has 0 spiro atoms. The Hall–Kier alpha value is -0.410. The molecule has 2 rings (SSSR count). The Morgan fingerprint density at radius 2 is 2.17 bits per heavy atom. The normalized spacial score (nSPS) is 19.0. The predicted molar refractivity (Wildman–Crippen MR) is 115 cm³/mol. The summed E-state index contributed by atoms with van der Waals surface area (Å²) in [5.74, 6) is 1.63. The topological polar surface area (TPSA) is 52.5 Å². The van der Waals surface area contributed by atoms with Gasteiger partial charge in [-0.15, -0.1) is 35.3 Å². The number of guanidine groups is 1. The molecule has 0 bridgehead atoms. The number of rotatable bonds is 6. The first-order chi connectivity index (χ1) is 11.1. The number of aryl methyl sites for hydroxylation is 2. The summed E-state index contributed by atoms with van der Waals surface area (Å²) in [6, 6.07) is 0. The maximum absolute atomic E-state index is 4.58. The van der Waals surface area contributed by atoms with Crippen molar-refractivity contribution in [1.82, 2.24) is 20.5 Å². The maximum atomic E-state index is 4.58. The van der Waals surface area contributed by atoms with E-state index in [1.54, 1.807) is 11.3 Å². The van der Waals surface area contributed by atoms with Gasteiger partial charge in [0.25, 0.3) is 0 Å². The second-order valence-electron chi connectivity index (χ2n) is 6.28. The molecule has 0 saturated carbocycles. The third-order valence-electron chi connectivity index (χ3n) is 4.54. The Kier molecular flexibility index (Phi) is 10.1. The second-order valence-corrected chi connectivity index (χ2v) is 7.57. The third-order valence-corrected chi connectivity index (χ3v) is 5.67. The van der Waals surface area contributed by atoms with Gasteiger partial charge in [-0.2, -0.15) is 0 Å². The molecule has 1 aromatic heterocycles. The van der Waals surface area contributed by atoms with Crippen molar-refractivity contribution in [2.75, 3.05) is 39.8 Å². The highest BCUT2D eigenvalue weighted by atomic mass is 127. The molecule has 1 unspecified atom stereocenters. The van der Waals surface area contributed by atoms with Gasteiger partial charge in [0.1, 0.15) is 0 Å². The van der Waals surface area contributed by atoms with E-state index in [-0.39, 0.29) is 24.0 Å². The molecule has 0 aromatic carbocycles. The number of thiazole rings is 1. The van der Waals surface area contributed by atoms with Gasteiger partial charge in [0.2, 0.25) is 0 Å². The van der Waals surface area contributed by atoms with E-state index in [0.29, 0.717) is 0 Å². The number of nitrogens with zero attached hydrogens (tertiary/aromatic N) is 3. The van der Waals surface area contributed by atoms with Crippen LogP contribution in [0.1, 0.15) is 35.3 Å². The second kappa shape index (κ2) is 11.3. The van der Waals surface area contributed by atoms with Gasteiger partial charge in [0, 0.05) is 38.0 Å². The zero-order valence-electron chi connectivity index (χ0n) is 15.4. The van der Waals surface area contributed by atoms with Crippen LogP contribution in [0, 0.1) is 19.8 Å². The van der Waals surface area contributed by atoms with Crippen LogP contribution in [0.3, 0.4) is 0 Å². The standard InChI is InChI=1S/C17H31N5S.HI/c1-5-22-10-6-7-15(12-22)11-20-17(18-4)19-9-8-16-21-13(2)14(3)23-16;/h15H,5-12H2,1-4H3,(H2,18,19,20);1H. The Bertz CT molecular complexity index is 498. The molecule has 1 aliphatic rings. The van der Waals surface area contributed by atoms with Crippen LogP contribution in [0.25, 0.3) is 0 Å². The smallest absolute Gasteiger partial charge is 0.191 e. The number of halogens is 1. The predicted octanol–water partition coefficient (Wildman–Crippen LogP) is 2.82. The molecule has 1 aliphatic heterocycles. The number of piperidine rings is 1. The van der Waals surface area contributed by atoms with Crippen LogP contribution in [-0.2, 0) is 6.42 Å². The maximum Gasteiger partial charge on any atom is 0.191 e. The SMILES string of the molecule is CCN1CCCC(CNC(=NC)NCCc2nc(C)c(C)s2)C1.I. The van der Waals surface area contributed by atoms with Gasteiger partial charge in [-0.1, -0.05) is 6.92 Å². The lowest BCUT2D eigenvalue weighted by Crippen LogP contribution is -2.44. The lowest BCUT2D eigenvalue weighted by atomic mass is 9.98. The van der Waals surface area contributed by atoms with Crippen LogP contribution in [-0.4, -0.2) is 55.6 Å². The fraction of sp³-hybridized carbons (Fsp3) is 0.765. The minimum Gasteiger partial charge on any atom is -0.356 e. The fourth-order valence-electron chi connectivity index (χ4n) is 3.00. The highest BCUT2D eigenvalue weighted by Crippen LogP contribution is 2.16. The van der Waals surface area contributed by atoms with Crippen molar-refractivity contribution in [2.45, 2.75) is 40.0 Å². The minimum atomic E-state index is 0. The van der Waals surface area contributed by atoms with Crippen LogP contribution in [0.2, 0.25) is 0 Å². The number of aliphatic imine (C=N–C) groups is 1. The highest BCUT2D eigenvalue weighted by Gasteiger charge is 2.18. The number of likely N-dealkylation sites (tertiary alicyclic amines) is 1. The molecule has 2 N–H and O–H groups in total. The molecule has 1 fully saturated rings. The minimum absolute atomic E-state index is 0. The summed E-state index contributed by atoms with van der Waals surface area (Å²) in [4.78, 5) is 12.8. The molecule has 0 aliphatic carbocycles. The molecule has 24 heavy (non-hydrogen) atoms. The van der Waals surface area contributed by atoms with Gasteiger partial charge in [-0.3, -0.25) is 4.99 Å². The van der Waals surface area contributed by atoms with E-state index in [9.17, 15) is 0 Å². The van der Waals surface area contributed by atoms with Gasteiger partial charge in [-0.25, -0.2) is 4.98 Å². The van der Waals surface area contributed by atoms with Gasteiger partial charge in [-0.05, 0) is 45.7 Å². The van der Waals surface area contributed by atoms with Crippen LogP contribution >= 0.6 is 35.3 Å². The highest BCUT2D eigenvalue weighted by molar-refractivity contribution is 14.0. The first-order valence-corrected chi connectivity index (χ1v) is 9.53. The van der Waals surface area contributed by atoms with Crippen molar-refractivity contribution in [3.8, 4) is 0 Å². The molecule has 0 amide bonds. The summed E-state index contributed by atoms with van der Waals surface area (Å²) in [6.45, 7) is 12.0. The van der Waals surface area contributed by atoms with Crippen molar-refractivity contribution < 1.29 is 0 Å². The van der Waals surface area contributed by atoms with Crippen molar-refractivity contribution in [2.24, 2.45) is 10.9 Å². The summed E-state index contributed by atoms with van der Waals surface area (Å²) in [5, 5.41) is 8.09. The van der Waals surface area contributed by atoms with Crippen molar-refractivity contribution >= 4 is 41.3 Å². The van der Waals surface area contributed by atoms with Crippen LogP contribution < -0.4 is 10.6 Å². The number of hydrogen-bond donors (Lipinski definition) is 2. The lowest BCUT2D eigenvalue weighted by Gasteiger charge is -2.32. The van der Waals surface area contributed by atoms with E-state index < -0.39 is 0 Å². The fourth-order valence-corrected chi connectivity index (χ4v) is 3.93. The molecule has 2 heterocycles. The van der Waals surface area contributed by atoms with E-state index >= 15 is 0 Å². The van der Waals surface area contributed by atoms with Gasteiger partial charge in [0.15, 0.2) is 5.96 Å². The van der Waals surface area contributed by atoms with Crippen molar-refractivity contribution in [1.29, 1.82) is 0 Å². The quantitative estimate of drug-likeness (QED) is 0.386. The Morgan fingerprint density at radius 3 is 2.79 bits per heavy atom. The van der Waals surface area contributed by atoms with Crippen molar-refractivity contribution in [3.63, 3.8) is 0 Å². The molecular formula is C17H32IN5S. The number of nitrogens with one attached hydrogen (secondary N) is 2. The molecule has 1 atom stereocenters.